The third-order valence-corrected chi connectivity index (χ3v) is 5.14. The normalized spacial score (nSPS) is 18.3. The van der Waals surface area contributed by atoms with Crippen LogP contribution in [0.1, 0.15) is 40.5 Å². The van der Waals surface area contributed by atoms with Crippen LogP contribution in [-0.4, -0.2) is 47.7 Å². The first-order chi connectivity index (χ1) is 14.1. The molecule has 8 nitrogen and oxygen atoms in total. The van der Waals surface area contributed by atoms with Gasteiger partial charge in [0, 0.05) is 46.8 Å². The minimum atomic E-state index is -0.509. The van der Waals surface area contributed by atoms with Gasteiger partial charge in [-0.3, -0.25) is 5.10 Å². The van der Waals surface area contributed by atoms with Crippen LogP contribution < -0.4 is 10.1 Å². The summed E-state index contributed by atoms with van der Waals surface area (Å²) in [5.41, 5.74) is 1.09. The highest BCUT2D eigenvalue weighted by Gasteiger charge is 2.39. The molecule has 0 atom stereocenters. The maximum Gasteiger partial charge on any atom is 0.335 e. The molecule has 9 heteroatoms. The molecule has 0 amide bonds. The lowest BCUT2D eigenvalue weighted by atomic mass is 9.81. The summed E-state index contributed by atoms with van der Waals surface area (Å²) in [4.78, 5) is 4.22. The molecule has 3 aromatic rings. The van der Waals surface area contributed by atoms with E-state index in [0.717, 1.165) is 12.8 Å². The third-order valence-electron chi connectivity index (χ3n) is 5.14. The van der Waals surface area contributed by atoms with Gasteiger partial charge in [-0.2, -0.15) is 5.10 Å². The summed E-state index contributed by atoms with van der Waals surface area (Å²) >= 11 is 0. The number of aromatic hydroxyl groups is 1. The third kappa shape index (κ3) is 4.25. The molecule has 1 saturated heterocycles. The summed E-state index contributed by atoms with van der Waals surface area (Å²) in [6, 6.07) is 2.70. The first kappa shape index (κ1) is 20.2. The van der Waals surface area contributed by atoms with E-state index in [-0.39, 0.29) is 45.8 Å². The average molecular weight is 412 g/mol. The number of halogens is 1. The largest absolute Gasteiger partial charge is 0.507 e. The number of aromatic nitrogens is 5. The van der Waals surface area contributed by atoms with Crippen molar-refractivity contribution in [2.24, 2.45) is 0 Å². The van der Waals surface area contributed by atoms with Gasteiger partial charge in [-0.25, -0.2) is 9.37 Å². The molecule has 3 heterocycles. The number of ether oxygens (including phenoxy) is 1. The predicted molar refractivity (Wildman–Crippen MR) is 109 cm³/mol. The number of phenolic OH excluding ortho intramolecular Hbond substituents is 1. The van der Waals surface area contributed by atoms with E-state index in [1.165, 1.54) is 24.5 Å². The van der Waals surface area contributed by atoms with E-state index in [1.807, 2.05) is 0 Å². The molecule has 0 saturated carbocycles. The minimum Gasteiger partial charge on any atom is -0.507 e. The van der Waals surface area contributed by atoms with Gasteiger partial charge >= 0.3 is 6.01 Å². The van der Waals surface area contributed by atoms with Crippen LogP contribution in [0.25, 0.3) is 22.4 Å². The Hall–Kier alpha value is -3.07. The van der Waals surface area contributed by atoms with Crippen LogP contribution in [0.3, 0.4) is 0 Å². The van der Waals surface area contributed by atoms with Crippen LogP contribution in [0.2, 0.25) is 0 Å². The van der Waals surface area contributed by atoms with Crippen molar-refractivity contribution >= 4 is 0 Å². The lowest BCUT2D eigenvalue weighted by Crippen LogP contribution is -2.60. The molecule has 158 valence electrons. The molecule has 1 aliphatic heterocycles. The second-order valence-corrected chi connectivity index (χ2v) is 9.00. The van der Waals surface area contributed by atoms with Crippen molar-refractivity contribution in [3.8, 4) is 34.1 Å². The maximum atomic E-state index is 14.6. The van der Waals surface area contributed by atoms with Gasteiger partial charge in [-0.15, -0.1) is 5.10 Å². The fourth-order valence-corrected chi connectivity index (χ4v) is 4.29. The zero-order chi connectivity index (χ0) is 21.5. The Morgan fingerprint density at radius 2 is 1.80 bits per heavy atom. The Bertz CT molecular complexity index is 1020. The van der Waals surface area contributed by atoms with E-state index >= 15 is 0 Å². The number of benzene rings is 1. The molecule has 0 bridgehead atoms. The second-order valence-electron chi connectivity index (χ2n) is 9.00. The van der Waals surface area contributed by atoms with E-state index in [9.17, 15) is 9.50 Å². The number of phenols is 1. The number of piperidine rings is 1. The summed E-state index contributed by atoms with van der Waals surface area (Å²) in [5, 5.41) is 28.5. The second kappa shape index (κ2) is 7.32. The minimum absolute atomic E-state index is 0.0519. The lowest BCUT2D eigenvalue weighted by molar-refractivity contribution is 0.0491. The van der Waals surface area contributed by atoms with E-state index in [0.29, 0.717) is 5.56 Å². The number of nitrogens with zero attached hydrogens (tertiary/aromatic N) is 4. The number of rotatable bonds is 4. The Balaban J connectivity index is 1.53. The first-order valence-electron chi connectivity index (χ1n) is 9.80. The Morgan fingerprint density at radius 3 is 2.40 bits per heavy atom. The Morgan fingerprint density at radius 1 is 1.07 bits per heavy atom. The quantitative estimate of drug-likeness (QED) is 0.602. The molecular weight excluding hydrogens is 387 g/mol. The van der Waals surface area contributed by atoms with E-state index in [2.05, 4.69) is 58.4 Å². The SMILES string of the molecule is CC1(C)CC(Oc2ncc(-c3cc(F)c(-c4cn[nH]c4)cc3O)nn2)CC(C)(C)N1. The van der Waals surface area contributed by atoms with Crippen LogP contribution in [0.15, 0.2) is 30.7 Å². The van der Waals surface area contributed by atoms with Gasteiger partial charge in [-0.1, -0.05) is 5.10 Å². The van der Waals surface area contributed by atoms with Crippen LogP contribution in [-0.2, 0) is 0 Å². The van der Waals surface area contributed by atoms with Gasteiger partial charge in [0.2, 0.25) is 0 Å². The van der Waals surface area contributed by atoms with E-state index in [4.69, 9.17) is 4.74 Å². The molecule has 1 aromatic carbocycles. The number of H-pyrrole nitrogens is 1. The van der Waals surface area contributed by atoms with Crippen molar-refractivity contribution in [2.45, 2.75) is 57.7 Å². The highest BCUT2D eigenvalue weighted by atomic mass is 19.1. The molecule has 4 rings (SSSR count). The van der Waals surface area contributed by atoms with Gasteiger partial charge in [0.05, 0.1) is 12.4 Å². The standard InChI is InChI=1S/C21H25FN6O2/c1-20(2)7-13(8-21(3,4)28-20)30-19-23-11-17(26-27-19)15-5-16(22)14(6-18(15)29)12-9-24-25-10-12/h5-6,9-11,13,28-29H,7-8H2,1-4H3,(H,24,25). The van der Waals surface area contributed by atoms with Crippen molar-refractivity contribution in [3.05, 3.63) is 36.5 Å². The van der Waals surface area contributed by atoms with Crippen molar-refractivity contribution in [1.82, 2.24) is 30.7 Å². The Labute approximate surface area is 173 Å². The number of hydrogen-bond acceptors (Lipinski definition) is 7. The zero-order valence-corrected chi connectivity index (χ0v) is 17.4. The average Bonchev–Trinajstić information content (AvgIpc) is 3.16. The molecule has 2 aromatic heterocycles. The molecule has 0 spiro atoms. The van der Waals surface area contributed by atoms with Gasteiger partial charge in [0.15, 0.2) is 0 Å². The van der Waals surface area contributed by atoms with Crippen molar-refractivity contribution in [1.29, 1.82) is 0 Å². The van der Waals surface area contributed by atoms with Crippen LogP contribution in [0, 0.1) is 5.82 Å². The number of aromatic amines is 1. The molecule has 1 fully saturated rings. The van der Waals surface area contributed by atoms with Crippen LogP contribution in [0.4, 0.5) is 4.39 Å². The van der Waals surface area contributed by atoms with Crippen LogP contribution >= 0.6 is 0 Å². The summed E-state index contributed by atoms with van der Waals surface area (Å²) in [6.45, 7) is 8.54. The fourth-order valence-electron chi connectivity index (χ4n) is 4.29. The van der Waals surface area contributed by atoms with Crippen molar-refractivity contribution in [2.75, 3.05) is 0 Å². The number of hydrogen-bond donors (Lipinski definition) is 3. The van der Waals surface area contributed by atoms with Crippen LogP contribution in [0.5, 0.6) is 11.8 Å². The first-order valence-corrected chi connectivity index (χ1v) is 9.80. The summed E-state index contributed by atoms with van der Waals surface area (Å²) in [5.74, 6) is -0.635. The number of nitrogens with one attached hydrogen (secondary N) is 2. The van der Waals surface area contributed by atoms with Gasteiger partial charge in [-0.05, 0) is 39.8 Å². The molecule has 1 aliphatic rings. The lowest BCUT2D eigenvalue weighted by Gasteiger charge is -2.45. The van der Waals surface area contributed by atoms with Gasteiger partial charge < -0.3 is 15.2 Å². The maximum absolute atomic E-state index is 14.6. The molecule has 0 aliphatic carbocycles. The van der Waals surface area contributed by atoms with Gasteiger partial charge in [0.25, 0.3) is 0 Å². The zero-order valence-electron chi connectivity index (χ0n) is 17.4. The summed E-state index contributed by atoms with van der Waals surface area (Å²) < 4.78 is 20.5. The topological polar surface area (TPSA) is 109 Å². The summed E-state index contributed by atoms with van der Waals surface area (Å²) in [6.07, 6.45) is 6.02. The Kier molecular flexibility index (Phi) is 4.93. The highest BCUT2D eigenvalue weighted by Crippen LogP contribution is 2.35. The molecular formula is C21H25FN6O2. The summed E-state index contributed by atoms with van der Waals surface area (Å²) in [7, 11) is 0. The monoisotopic (exact) mass is 412 g/mol. The molecule has 0 radical (unpaired) electrons. The van der Waals surface area contributed by atoms with E-state index in [1.54, 1.807) is 6.20 Å². The van der Waals surface area contributed by atoms with Crippen molar-refractivity contribution < 1.29 is 14.2 Å². The predicted octanol–water partition coefficient (Wildman–Crippen LogP) is 3.46. The molecule has 3 N–H and O–H groups in total. The van der Waals surface area contributed by atoms with Crippen molar-refractivity contribution in [3.63, 3.8) is 0 Å². The highest BCUT2D eigenvalue weighted by molar-refractivity contribution is 5.73. The fraction of sp³-hybridized carbons (Fsp3) is 0.429. The molecule has 30 heavy (non-hydrogen) atoms. The molecule has 0 unspecified atom stereocenters. The smallest absolute Gasteiger partial charge is 0.335 e. The van der Waals surface area contributed by atoms with Gasteiger partial charge in [0.1, 0.15) is 23.4 Å². The van der Waals surface area contributed by atoms with E-state index < -0.39 is 5.82 Å².